The fourth-order valence-corrected chi connectivity index (χ4v) is 0. The second-order valence-corrected chi connectivity index (χ2v) is 0.476. The average molecular weight is 194 g/mol. The Hall–Kier alpha value is -1.76. The predicted octanol–water partition coefficient (Wildman–Crippen LogP) is -0.0474. The molecule has 0 fully saturated rings. The Morgan fingerprint density at radius 2 is 0.750 bits per heavy atom. The number of rotatable bonds is 0. The summed E-state index contributed by atoms with van der Waals surface area (Å²) in [6, 6.07) is 0. The minimum Gasteiger partial charge on any atom is -0.344 e. The molecule has 0 aliphatic carbocycles. The summed E-state index contributed by atoms with van der Waals surface area (Å²) in [6.45, 7) is 0. The van der Waals surface area contributed by atoms with Crippen LogP contribution in [0.1, 0.15) is 0 Å². The molecule has 12 heteroatoms. The van der Waals surface area contributed by atoms with E-state index in [1.807, 2.05) is 0 Å². The average Bonchev–Trinajstić information content (AvgIpc) is 1.25. The van der Waals surface area contributed by atoms with Gasteiger partial charge >= 0.3 is 0 Å². The van der Waals surface area contributed by atoms with Gasteiger partial charge in [0.25, 0.3) is 10.2 Å². The summed E-state index contributed by atoms with van der Waals surface area (Å²) < 4.78 is 0. The molecule has 0 spiro atoms. The Labute approximate surface area is 66.7 Å². The summed E-state index contributed by atoms with van der Waals surface area (Å²) in [7, 11) is 0. The zero-order valence-corrected chi connectivity index (χ0v) is 6.25. The number of hydrogen-bond donors (Lipinski definition) is 6. The van der Waals surface area contributed by atoms with Crippen LogP contribution < -0.4 is 24.6 Å². The highest BCUT2D eigenvalue weighted by molar-refractivity contribution is 3.83. The van der Waals surface area contributed by atoms with Crippen molar-refractivity contribution in [1.82, 2.24) is 24.6 Å². The van der Waals surface area contributed by atoms with Gasteiger partial charge in [-0.15, -0.1) is 20.2 Å². The summed E-state index contributed by atoms with van der Waals surface area (Å²) in [5.41, 5.74) is 0. The van der Waals surface area contributed by atoms with Crippen LogP contribution in [-0.4, -0.2) is 20.6 Å². The van der Waals surface area contributed by atoms with Gasteiger partial charge in [0.2, 0.25) is 0 Å². The van der Waals surface area contributed by atoms with Crippen molar-refractivity contribution < 1.29 is 20.6 Å². The predicted molar refractivity (Wildman–Crippen MR) is 37.7 cm³/mol. The molecule has 0 saturated carbocycles. The molecule has 12 heavy (non-hydrogen) atoms. The van der Waals surface area contributed by atoms with Crippen molar-refractivity contribution in [3.63, 3.8) is 0 Å². The van der Waals surface area contributed by atoms with Crippen molar-refractivity contribution in [3.8, 4) is 0 Å². The third kappa shape index (κ3) is 139. The lowest BCUT2D eigenvalue weighted by Crippen LogP contribution is -1.81. The topological polar surface area (TPSA) is 267 Å². The Morgan fingerprint density at radius 1 is 0.750 bits per heavy atom. The van der Waals surface area contributed by atoms with Crippen molar-refractivity contribution in [2.75, 3.05) is 0 Å². The highest BCUT2D eigenvalue weighted by Crippen LogP contribution is 1.38. The molecule has 0 radical (unpaired) electrons. The van der Waals surface area contributed by atoms with E-state index in [0.717, 1.165) is 0 Å². The monoisotopic (exact) mass is 194 g/mol. The molecule has 0 bridgehead atoms. The molecule has 0 aromatic carbocycles. The zero-order valence-electron chi connectivity index (χ0n) is 6.25. The second kappa shape index (κ2) is 34.9. The molecule has 14 N–H and O–H groups in total. The summed E-state index contributed by atoms with van der Waals surface area (Å²) in [4.78, 5) is 16.7. The van der Waals surface area contributed by atoms with Crippen LogP contribution in [0.15, 0.2) is 0 Å². The fraction of sp³-hybridized carbons (Fsp3) is 0. The molecule has 80 valence electrons. The van der Waals surface area contributed by atoms with Crippen molar-refractivity contribution in [3.05, 3.63) is 20.2 Å². The molecule has 0 atom stereocenters. The summed E-state index contributed by atoms with van der Waals surface area (Å²) in [5, 5.41) is 27.3. The van der Waals surface area contributed by atoms with Crippen molar-refractivity contribution in [1.29, 1.82) is 0 Å². The first kappa shape index (κ1) is 48.6. The third-order valence-electron chi connectivity index (χ3n) is 0. The van der Waals surface area contributed by atoms with Crippen molar-refractivity contribution >= 4 is 0 Å². The van der Waals surface area contributed by atoms with Crippen molar-refractivity contribution in [2.45, 2.75) is 0 Å². The van der Waals surface area contributed by atoms with E-state index in [9.17, 15) is 0 Å². The van der Waals surface area contributed by atoms with Gasteiger partial charge in [-0.25, -0.2) is 0 Å². The van der Waals surface area contributed by atoms with Crippen LogP contribution in [-0.2, 0) is 0 Å². The Bertz CT molecular complexity index is 70.0. The lowest BCUT2D eigenvalue weighted by atomic mass is 13.1. The molecule has 0 unspecified atom stereocenters. The first-order chi connectivity index (χ1) is 3.46. The summed E-state index contributed by atoms with van der Waals surface area (Å²) in [6.07, 6.45) is 0. The zero-order chi connectivity index (χ0) is 7.15. The molecule has 0 saturated heterocycles. The van der Waals surface area contributed by atoms with Crippen LogP contribution in [0.5, 0.6) is 0 Å². The van der Waals surface area contributed by atoms with Crippen LogP contribution >= 0.6 is 0 Å². The van der Waals surface area contributed by atoms with E-state index in [2.05, 4.69) is 0 Å². The molecule has 0 heterocycles. The number of nitrogens with zero attached hydrogens (tertiary/aromatic N) is 2. The Kier molecular flexibility index (Phi) is 141. The van der Waals surface area contributed by atoms with Gasteiger partial charge in [-0.1, -0.05) is 0 Å². The molecule has 0 aliphatic heterocycles. The molecule has 12 nitrogen and oxygen atoms in total. The van der Waals surface area contributed by atoms with Gasteiger partial charge in [0.1, 0.15) is 0 Å². The highest BCUT2D eigenvalue weighted by Gasteiger charge is 1.65. The fourth-order valence-electron chi connectivity index (χ4n) is 0. The van der Waals surface area contributed by atoms with Crippen LogP contribution in [0.4, 0.5) is 0 Å². The van der Waals surface area contributed by atoms with E-state index in [1.165, 1.54) is 0 Å². The summed E-state index contributed by atoms with van der Waals surface area (Å²) in [5.74, 6) is 0. The van der Waals surface area contributed by atoms with E-state index >= 15 is 0 Å². The highest BCUT2D eigenvalue weighted by atomic mass is 16.9. The van der Waals surface area contributed by atoms with Gasteiger partial charge in [0.15, 0.2) is 0 Å². The first-order valence-electron chi connectivity index (χ1n) is 1.13. The molecule has 0 rings (SSSR count). The van der Waals surface area contributed by atoms with Crippen LogP contribution in [0.3, 0.4) is 0 Å². The standard InChI is InChI=1S/2HNO3.4H3N/c2*2-1(3)4;;;;/h2*(H,2,3,4);4*1H3. The summed E-state index contributed by atoms with van der Waals surface area (Å²) >= 11 is 0. The van der Waals surface area contributed by atoms with E-state index in [4.69, 9.17) is 30.6 Å². The maximum atomic E-state index is 8.36. The number of hydrogen-bond acceptors (Lipinski definition) is 8. The molecule has 0 aromatic rings. The quantitative estimate of drug-likeness (QED) is 0.220. The largest absolute Gasteiger partial charge is 0.344 e. The van der Waals surface area contributed by atoms with Crippen molar-refractivity contribution in [2.24, 2.45) is 0 Å². The SMILES string of the molecule is N.N.N.N.O=[N+]([O-])O.O=[N+]([O-])O. The van der Waals surface area contributed by atoms with E-state index in [0.29, 0.717) is 0 Å². The lowest BCUT2D eigenvalue weighted by molar-refractivity contribution is -0.742. The third-order valence-corrected chi connectivity index (χ3v) is 0. The molecular formula is H14N6O6. The van der Waals surface area contributed by atoms with Gasteiger partial charge in [-0.05, 0) is 0 Å². The van der Waals surface area contributed by atoms with Gasteiger partial charge in [0, 0.05) is 0 Å². The molecule has 0 aliphatic rings. The molecular weight excluding hydrogens is 180 g/mol. The smallest absolute Gasteiger partial charge is 0.291 e. The van der Waals surface area contributed by atoms with Gasteiger partial charge in [0.05, 0.1) is 0 Å². The normalized spacial score (nSPS) is 4.00. The molecule has 0 aromatic heterocycles. The molecule has 0 amide bonds. The maximum absolute atomic E-state index is 8.36. The Balaban J connectivity index is -0.0000000112. The lowest BCUT2D eigenvalue weighted by Gasteiger charge is -1.56. The minimum absolute atomic E-state index is 0. The van der Waals surface area contributed by atoms with Crippen LogP contribution in [0.25, 0.3) is 0 Å². The second-order valence-electron chi connectivity index (χ2n) is 0.476. The van der Waals surface area contributed by atoms with Gasteiger partial charge in [-0.2, -0.15) is 0 Å². The minimum atomic E-state index is -1.50. The van der Waals surface area contributed by atoms with E-state index in [1.54, 1.807) is 0 Å². The van der Waals surface area contributed by atoms with E-state index in [-0.39, 0.29) is 24.6 Å². The van der Waals surface area contributed by atoms with Crippen LogP contribution in [0.2, 0.25) is 0 Å². The first-order valence-corrected chi connectivity index (χ1v) is 1.13. The Morgan fingerprint density at radius 3 is 0.750 bits per heavy atom. The maximum Gasteiger partial charge on any atom is 0.291 e. The van der Waals surface area contributed by atoms with E-state index < -0.39 is 10.2 Å². The van der Waals surface area contributed by atoms with Gasteiger partial charge < -0.3 is 35.0 Å². The van der Waals surface area contributed by atoms with Crippen LogP contribution in [0, 0.1) is 20.2 Å². The van der Waals surface area contributed by atoms with Gasteiger partial charge in [-0.3, -0.25) is 0 Å².